The van der Waals surface area contributed by atoms with Crippen molar-refractivity contribution in [2.24, 2.45) is 0 Å². The Morgan fingerprint density at radius 2 is 1.88 bits per heavy atom. The van der Waals surface area contributed by atoms with Crippen LogP contribution in [0.4, 0.5) is 0 Å². The average Bonchev–Trinajstić information content (AvgIpc) is 3.15. The summed E-state index contributed by atoms with van der Waals surface area (Å²) in [6.45, 7) is 5.88. The molecular formula is C19H25N3O2S. The molecule has 1 fully saturated rings. The number of hydrogen-bond donors (Lipinski definition) is 1. The second-order valence-electron chi connectivity index (χ2n) is 6.22. The van der Waals surface area contributed by atoms with Crippen LogP contribution < -0.4 is 10.1 Å². The fourth-order valence-corrected chi connectivity index (χ4v) is 3.78. The van der Waals surface area contributed by atoms with Crippen LogP contribution in [0.1, 0.15) is 10.4 Å². The molecule has 0 aliphatic carbocycles. The number of ether oxygens (including phenoxy) is 1. The molecule has 0 spiro atoms. The van der Waals surface area contributed by atoms with Gasteiger partial charge in [0.15, 0.2) is 0 Å². The summed E-state index contributed by atoms with van der Waals surface area (Å²) in [7, 11) is 1.65. The molecule has 0 atom stereocenters. The number of amides is 1. The number of nitrogens with one attached hydrogen (secondary N) is 1. The van der Waals surface area contributed by atoms with Crippen LogP contribution in [0.25, 0.3) is 0 Å². The number of methoxy groups -OCH3 is 1. The first kappa shape index (κ1) is 17.9. The third-order valence-electron chi connectivity index (χ3n) is 4.46. The quantitative estimate of drug-likeness (QED) is 0.823. The van der Waals surface area contributed by atoms with E-state index in [1.54, 1.807) is 18.4 Å². The Bertz CT molecular complexity index is 667. The van der Waals surface area contributed by atoms with Gasteiger partial charge in [-0.25, -0.2) is 0 Å². The van der Waals surface area contributed by atoms with Crippen LogP contribution in [-0.4, -0.2) is 55.5 Å². The minimum Gasteiger partial charge on any atom is -0.496 e. The third-order valence-corrected chi connectivity index (χ3v) is 5.32. The number of carbonyl (C=O) groups excluding carboxylic acids is 1. The zero-order valence-corrected chi connectivity index (χ0v) is 15.4. The van der Waals surface area contributed by atoms with E-state index in [2.05, 4.69) is 32.6 Å². The van der Waals surface area contributed by atoms with E-state index in [4.69, 9.17) is 4.74 Å². The summed E-state index contributed by atoms with van der Waals surface area (Å²) < 4.78 is 5.32. The van der Waals surface area contributed by atoms with Gasteiger partial charge in [-0.1, -0.05) is 24.3 Å². The fraction of sp³-hybridized carbons (Fsp3) is 0.421. The lowest BCUT2D eigenvalue weighted by Crippen LogP contribution is -2.48. The molecule has 2 aromatic rings. The molecule has 25 heavy (non-hydrogen) atoms. The van der Waals surface area contributed by atoms with E-state index < -0.39 is 0 Å². The van der Waals surface area contributed by atoms with Crippen LogP contribution in [0.5, 0.6) is 5.75 Å². The van der Waals surface area contributed by atoms with Gasteiger partial charge in [0.25, 0.3) is 0 Å². The van der Waals surface area contributed by atoms with Gasteiger partial charge in [0.1, 0.15) is 5.75 Å². The third kappa shape index (κ3) is 5.29. The molecule has 0 bridgehead atoms. The normalized spacial score (nSPS) is 15.9. The molecule has 1 aromatic carbocycles. The molecule has 1 amide bonds. The van der Waals surface area contributed by atoms with Gasteiger partial charge in [-0.2, -0.15) is 0 Å². The van der Waals surface area contributed by atoms with Gasteiger partial charge in [0.2, 0.25) is 5.91 Å². The first-order chi connectivity index (χ1) is 12.2. The SMILES string of the molecule is COc1ccccc1CNC(=O)CN1CCN(Cc2cccs2)CC1. The highest BCUT2D eigenvalue weighted by atomic mass is 32.1. The summed E-state index contributed by atoms with van der Waals surface area (Å²) in [5, 5.41) is 5.12. The molecule has 1 saturated heterocycles. The number of hydrogen-bond acceptors (Lipinski definition) is 5. The number of benzene rings is 1. The van der Waals surface area contributed by atoms with Crippen molar-refractivity contribution in [2.45, 2.75) is 13.1 Å². The summed E-state index contributed by atoms with van der Waals surface area (Å²) in [5.41, 5.74) is 0.999. The Labute approximate surface area is 153 Å². The van der Waals surface area contributed by atoms with Crippen molar-refractivity contribution in [3.8, 4) is 5.75 Å². The Balaban J connectivity index is 1.39. The summed E-state index contributed by atoms with van der Waals surface area (Å²) in [6, 6.07) is 12.1. The smallest absolute Gasteiger partial charge is 0.234 e. The highest BCUT2D eigenvalue weighted by Crippen LogP contribution is 2.17. The van der Waals surface area contributed by atoms with E-state index in [1.807, 2.05) is 24.3 Å². The van der Waals surface area contributed by atoms with Crippen molar-refractivity contribution < 1.29 is 9.53 Å². The molecule has 1 aliphatic heterocycles. The Morgan fingerprint density at radius 3 is 2.60 bits per heavy atom. The van der Waals surface area contributed by atoms with E-state index >= 15 is 0 Å². The van der Waals surface area contributed by atoms with Crippen LogP contribution >= 0.6 is 11.3 Å². The molecule has 3 rings (SSSR count). The average molecular weight is 359 g/mol. The van der Waals surface area contributed by atoms with Crippen molar-refractivity contribution in [1.29, 1.82) is 0 Å². The lowest BCUT2D eigenvalue weighted by Gasteiger charge is -2.34. The molecule has 0 unspecified atom stereocenters. The van der Waals surface area contributed by atoms with Crippen molar-refractivity contribution in [3.63, 3.8) is 0 Å². The van der Waals surface area contributed by atoms with Gasteiger partial charge in [-0.15, -0.1) is 11.3 Å². The Morgan fingerprint density at radius 1 is 1.12 bits per heavy atom. The number of para-hydroxylation sites is 1. The van der Waals surface area contributed by atoms with Crippen LogP contribution in [0.15, 0.2) is 41.8 Å². The molecular weight excluding hydrogens is 334 g/mol. The zero-order valence-electron chi connectivity index (χ0n) is 14.6. The maximum Gasteiger partial charge on any atom is 0.234 e. The van der Waals surface area contributed by atoms with Gasteiger partial charge in [0, 0.05) is 49.7 Å². The standard InChI is InChI=1S/C19H25N3O2S/c1-24-18-7-3-2-5-16(18)13-20-19(23)15-22-10-8-21(9-11-22)14-17-6-4-12-25-17/h2-7,12H,8-11,13-15H2,1H3,(H,20,23). The largest absolute Gasteiger partial charge is 0.496 e. The van der Waals surface area contributed by atoms with Crippen molar-refractivity contribution in [2.75, 3.05) is 39.8 Å². The van der Waals surface area contributed by atoms with E-state index in [9.17, 15) is 4.79 Å². The minimum absolute atomic E-state index is 0.0672. The second-order valence-corrected chi connectivity index (χ2v) is 7.25. The number of rotatable bonds is 7. The van der Waals surface area contributed by atoms with E-state index in [1.165, 1.54) is 4.88 Å². The van der Waals surface area contributed by atoms with E-state index in [0.717, 1.165) is 44.0 Å². The van der Waals surface area contributed by atoms with Crippen molar-refractivity contribution in [1.82, 2.24) is 15.1 Å². The molecule has 6 heteroatoms. The van der Waals surface area contributed by atoms with E-state index in [-0.39, 0.29) is 5.91 Å². The maximum atomic E-state index is 12.2. The van der Waals surface area contributed by atoms with Crippen molar-refractivity contribution in [3.05, 3.63) is 52.2 Å². The van der Waals surface area contributed by atoms with Crippen LogP contribution in [0.3, 0.4) is 0 Å². The predicted molar refractivity (Wildman–Crippen MR) is 101 cm³/mol. The monoisotopic (exact) mass is 359 g/mol. The Hall–Kier alpha value is -1.89. The maximum absolute atomic E-state index is 12.2. The van der Waals surface area contributed by atoms with Gasteiger partial charge in [0.05, 0.1) is 13.7 Å². The van der Waals surface area contributed by atoms with Crippen LogP contribution in [-0.2, 0) is 17.9 Å². The lowest BCUT2D eigenvalue weighted by molar-refractivity contribution is -0.122. The number of piperazine rings is 1. The van der Waals surface area contributed by atoms with Gasteiger partial charge >= 0.3 is 0 Å². The molecule has 1 aromatic heterocycles. The lowest BCUT2D eigenvalue weighted by atomic mass is 10.2. The molecule has 0 saturated carbocycles. The topological polar surface area (TPSA) is 44.8 Å². The number of nitrogens with zero attached hydrogens (tertiary/aromatic N) is 2. The molecule has 0 radical (unpaired) electrons. The first-order valence-electron chi connectivity index (χ1n) is 8.60. The van der Waals surface area contributed by atoms with Crippen molar-refractivity contribution >= 4 is 17.2 Å². The highest BCUT2D eigenvalue weighted by molar-refractivity contribution is 7.09. The van der Waals surface area contributed by atoms with Gasteiger partial charge in [-0.05, 0) is 17.5 Å². The van der Waals surface area contributed by atoms with Crippen LogP contribution in [0, 0.1) is 0 Å². The fourth-order valence-electron chi connectivity index (χ4n) is 3.03. The van der Waals surface area contributed by atoms with Gasteiger partial charge < -0.3 is 10.1 Å². The molecule has 1 aliphatic rings. The van der Waals surface area contributed by atoms with Gasteiger partial charge in [-0.3, -0.25) is 14.6 Å². The highest BCUT2D eigenvalue weighted by Gasteiger charge is 2.19. The molecule has 134 valence electrons. The number of carbonyl (C=O) groups is 1. The van der Waals surface area contributed by atoms with E-state index in [0.29, 0.717) is 13.1 Å². The molecule has 1 N–H and O–H groups in total. The zero-order chi connectivity index (χ0) is 17.5. The molecule has 2 heterocycles. The van der Waals surface area contributed by atoms with Crippen LogP contribution in [0.2, 0.25) is 0 Å². The summed E-state index contributed by atoms with van der Waals surface area (Å²) in [6.07, 6.45) is 0. The molecule has 5 nitrogen and oxygen atoms in total. The predicted octanol–water partition coefficient (Wildman–Crippen LogP) is 2.19. The number of thiophene rings is 1. The summed E-state index contributed by atoms with van der Waals surface area (Å²) in [4.78, 5) is 18.3. The second kappa shape index (κ2) is 8.99. The summed E-state index contributed by atoms with van der Waals surface area (Å²) >= 11 is 1.81. The first-order valence-corrected chi connectivity index (χ1v) is 9.48. The minimum atomic E-state index is 0.0672. The summed E-state index contributed by atoms with van der Waals surface area (Å²) in [5.74, 6) is 0.877. The Kier molecular flexibility index (Phi) is 6.44.